The molecule has 2 aromatic rings. The summed E-state index contributed by atoms with van der Waals surface area (Å²) < 4.78 is 26.9. The van der Waals surface area contributed by atoms with Crippen molar-refractivity contribution in [3.63, 3.8) is 0 Å². The Balaban J connectivity index is 2.41. The van der Waals surface area contributed by atoms with Crippen LogP contribution in [0.5, 0.6) is 0 Å². The molecular formula is C13H12ClNO2S. The number of hydrogen-bond donors (Lipinski definition) is 1. The molecule has 0 atom stereocenters. The van der Waals surface area contributed by atoms with Crippen molar-refractivity contribution in [3.05, 3.63) is 59.1 Å². The second-order valence-electron chi connectivity index (χ2n) is 3.83. The third-order valence-corrected chi connectivity index (χ3v) is 4.47. The summed E-state index contributed by atoms with van der Waals surface area (Å²) in [7, 11) is -3.60. The van der Waals surface area contributed by atoms with Gasteiger partial charge in [-0.25, -0.2) is 8.42 Å². The molecule has 0 spiro atoms. The Bertz CT molecular complexity index is 654. The average Bonchev–Trinajstić information content (AvgIpc) is 2.33. The third-order valence-electron chi connectivity index (χ3n) is 2.53. The van der Waals surface area contributed by atoms with E-state index in [-0.39, 0.29) is 4.90 Å². The van der Waals surface area contributed by atoms with Gasteiger partial charge in [0.1, 0.15) is 0 Å². The van der Waals surface area contributed by atoms with Gasteiger partial charge in [0.15, 0.2) is 0 Å². The van der Waals surface area contributed by atoms with Gasteiger partial charge in [-0.15, -0.1) is 0 Å². The van der Waals surface area contributed by atoms with E-state index in [2.05, 4.69) is 4.72 Å². The van der Waals surface area contributed by atoms with Crippen molar-refractivity contribution < 1.29 is 8.42 Å². The van der Waals surface area contributed by atoms with Gasteiger partial charge in [-0.2, -0.15) is 0 Å². The number of sulfonamides is 1. The lowest BCUT2D eigenvalue weighted by Crippen LogP contribution is -2.14. The predicted molar refractivity (Wildman–Crippen MR) is 73.4 cm³/mol. The van der Waals surface area contributed by atoms with E-state index in [1.165, 1.54) is 6.07 Å². The van der Waals surface area contributed by atoms with Gasteiger partial charge in [0.05, 0.1) is 4.90 Å². The quantitative estimate of drug-likeness (QED) is 0.937. The van der Waals surface area contributed by atoms with Gasteiger partial charge in [-0.1, -0.05) is 35.9 Å². The van der Waals surface area contributed by atoms with E-state index in [0.29, 0.717) is 16.3 Å². The van der Waals surface area contributed by atoms with Crippen molar-refractivity contribution in [2.24, 2.45) is 0 Å². The smallest absolute Gasteiger partial charge is 0.262 e. The number of para-hydroxylation sites is 1. The van der Waals surface area contributed by atoms with Gasteiger partial charge in [0.25, 0.3) is 10.0 Å². The molecule has 5 heteroatoms. The summed E-state index contributed by atoms with van der Waals surface area (Å²) in [6.45, 7) is 1.68. The highest BCUT2D eigenvalue weighted by molar-refractivity contribution is 7.92. The van der Waals surface area contributed by atoms with Crippen LogP contribution in [0, 0.1) is 6.92 Å². The number of benzene rings is 2. The molecule has 2 aromatic carbocycles. The van der Waals surface area contributed by atoms with Gasteiger partial charge >= 0.3 is 0 Å². The molecule has 0 aromatic heterocycles. The average molecular weight is 282 g/mol. The first-order chi connectivity index (χ1) is 8.50. The van der Waals surface area contributed by atoms with E-state index in [9.17, 15) is 8.42 Å². The Hall–Kier alpha value is -1.52. The standard InChI is InChI=1S/C13H12ClNO2S/c1-10-12(14)8-5-9-13(10)18(16,17)15-11-6-3-2-4-7-11/h2-9,15H,1H3. The lowest BCUT2D eigenvalue weighted by molar-refractivity contribution is 0.600. The second kappa shape index (κ2) is 5.00. The SMILES string of the molecule is Cc1c(Cl)cccc1S(=O)(=O)Nc1ccccc1. The predicted octanol–water partition coefficient (Wildman–Crippen LogP) is 3.45. The molecule has 0 aliphatic rings. The molecule has 0 amide bonds. The molecule has 0 saturated carbocycles. The zero-order valence-electron chi connectivity index (χ0n) is 9.72. The number of rotatable bonds is 3. The highest BCUT2D eigenvalue weighted by Gasteiger charge is 2.17. The van der Waals surface area contributed by atoms with Crippen LogP contribution in [-0.4, -0.2) is 8.42 Å². The first-order valence-corrected chi connectivity index (χ1v) is 7.20. The molecule has 2 rings (SSSR count). The van der Waals surface area contributed by atoms with Crippen molar-refractivity contribution in [1.82, 2.24) is 0 Å². The van der Waals surface area contributed by atoms with Crippen LogP contribution in [0.1, 0.15) is 5.56 Å². The molecule has 3 nitrogen and oxygen atoms in total. The highest BCUT2D eigenvalue weighted by atomic mass is 35.5. The summed E-state index contributed by atoms with van der Waals surface area (Å²) in [6.07, 6.45) is 0. The summed E-state index contributed by atoms with van der Waals surface area (Å²) in [4.78, 5) is 0.193. The summed E-state index contributed by atoms with van der Waals surface area (Å²) in [5, 5.41) is 0.436. The van der Waals surface area contributed by atoms with E-state index in [0.717, 1.165) is 0 Å². The molecule has 18 heavy (non-hydrogen) atoms. The largest absolute Gasteiger partial charge is 0.280 e. The van der Waals surface area contributed by atoms with Crippen LogP contribution in [0.25, 0.3) is 0 Å². The van der Waals surface area contributed by atoms with Crippen LogP contribution >= 0.6 is 11.6 Å². The Morgan fingerprint density at radius 3 is 2.33 bits per heavy atom. The minimum Gasteiger partial charge on any atom is -0.280 e. The van der Waals surface area contributed by atoms with Crippen LogP contribution in [-0.2, 0) is 10.0 Å². The van der Waals surface area contributed by atoms with Crippen LogP contribution in [0.4, 0.5) is 5.69 Å². The summed E-state index contributed by atoms with van der Waals surface area (Å²) in [5.41, 5.74) is 1.07. The Morgan fingerprint density at radius 2 is 1.67 bits per heavy atom. The van der Waals surface area contributed by atoms with Crippen molar-refractivity contribution >= 4 is 27.3 Å². The zero-order valence-corrected chi connectivity index (χ0v) is 11.3. The van der Waals surface area contributed by atoms with E-state index in [4.69, 9.17) is 11.6 Å². The molecule has 0 aliphatic carbocycles. The van der Waals surface area contributed by atoms with Crippen molar-refractivity contribution in [3.8, 4) is 0 Å². The Kier molecular flexibility index (Phi) is 3.59. The summed E-state index contributed by atoms with van der Waals surface area (Å²) in [6, 6.07) is 13.6. The third kappa shape index (κ3) is 2.66. The number of halogens is 1. The van der Waals surface area contributed by atoms with Gasteiger partial charge in [-0.3, -0.25) is 4.72 Å². The maximum Gasteiger partial charge on any atom is 0.262 e. The number of anilines is 1. The van der Waals surface area contributed by atoms with E-state index in [1.807, 2.05) is 6.07 Å². The molecule has 94 valence electrons. The maximum atomic E-state index is 12.2. The monoisotopic (exact) mass is 281 g/mol. The maximum absolute atomic E-state index is 12.2. The van der Waals surface area contributed by atoms with E-state index in [1.54, 1.807) is 43.3 Å². The Labute approximate surface area is 111 Å². The molecule has 0 aliphatic heterocycles. The topological polar surface area (TPSA) is 46.2 Å². The number of nitrogens with one attached hydrogen (secondary N) is 1. The van der Waals surface area contributed by atoms with Crippen LogP contribution in [0.2, 0.25) is 5.02 Å². The van der Waals surface area contributed by atoms with Crippen molar-refractivity contribution in [2.75, 3.05) is 4.72 Å². The molecule has 0 heterocycles. The molecule has 0 radical (unpaired) electrons. The Morgan fingerprint density at radius 1 is 1.00 bits per heavy atom. The molecule has 0 saturated heterocycles. The molecule has 0 fully saturated rings. The normalized spacial score (nSPS) is 11.2. The minimum atomic E-state index is -3.60. The fourth-order valence-electron chi connectivity index (χ4n) is 1.60. The fraction of sp³-hybridized carbons (Fsp3) is 0.0769. The van der Waals surface area contributed by atoms with Crippen molar-refractivity contribution in [2.45, 2.75) is 11.8 Å². The first kappa shape index (κ1) is 12.9. The van der Waals surface area contributed by atoms with Gasteiger partial charge < -0.3 is 0 Å². The van der Waals surface area contributed by atoms with Gasteiger partial charge in [0.2, 0.25) is 0 Å². The fourth-order valence-corrected chi connectivity index (χ4v) is 3.15. The van der Waals surface area contributed by atoms with Gasteiger partial charge in [0, 0.05) is 10.7 Å². The summed E-state index contributed by atoms with van der Waals surface area (Å²) >= 11 is 5.93. The van der Waals surface area contributed by atoms with Crippen LogP contribution in [0.15, 0.2) is 53.4 Å². The van der Waals surface area contributed by atoms with Crippen molar-refractivity contribution in [1.29, 1.82) is 0 Å². The highest BCUT2D eigenvalue weighted by Crippen LogP contribution is 2.24. The zero-order chi connectivity index (χ0) is 13.2. The molecule has 0 unspecified atom stereocenters. The summed E-state index contributed by atoms with van der Waals surface area (Å²) in [5.74, 6) is 0. The lowest BCUT2D eigenvalue weighted by Gasteiger charge is -2.10. The second-order valence-corrected chi connectivity index (χ2v) is 5.89. The lowest BCUT2D eigenvalue weighted by atomic mass is 10.2. The number of hydrogen-bond acceptors (Lipinski definition) is 2. The van der Waals surface area contributed by atoms with Gasteiger partial charge in [-0.05, 0) is 36.8 Å². The molecule has 0 bridgehead atoms. The van der Waals surface area contributed by atoms with E-state index < -0.39 is 10.0 Å². The molecule has 1 N–H and O–H groups in total. The van der Waals surface area contributed by atoms with Crippen LogP contribution in [0.3, 0.4) is 0 Å². The first-order valence-electron chi connectivity index (χ1n) is 5.34. The molecular weight excluding hydrogens is 270 g/mol. The minimum absolute atomic E-state index is 0.193. The van der Waals surface area contributed by atoms with Crippen LogP contribution < -0.4 is 4.72 Å². The van der Waals surface area contributed by atoms with E-state index >= 15 is 0 Å².